The molecular formula is C24H26N6OS. The van der Waals surface area contributed by atoms with Crippen LogP contribution in [-0.4, -0.2) is 57.6 Å². The summed E-state index contributed by atoms with van der Waals surface area (Å²) in [6, 6.07) is 14.3. The summed E-state index contributed by atoms with van der Waals surface area (Å²) in [6.07, 6.45) is 3.13. The van der Waals surface area contributed by atoms with Crippen molar-refractivity contribution in [2.45, 2.75) is 19.4 Å². The minimum atomic E-state index is -0.0649. The Morgan fingerprint density at radius 2 is 1.78 bits per heavy atom. The van der Waals surface area contributed by atoms with Crippen LogP contribution in [0.5, 0.6) is 0 Å². The van der Waals surface area contributed by atoms with E-state index in [1.807, 2.05) is 29.6 Å². The number of piperazine rings is 1. The summed E-state index contributed by atoms with van der Waals surface area (Å²) < 4.78 is 1.77. The van der Waals surface area contributed by atoms with Gasteiger partial charge in [0.25, 0.3) is 5.56 Å². The van der Waals surface area contributed by atoms with E-state index < -0.39 is 0 Å². The predicted octanol–water partition coefficient (Wildman–Crippen LogP) is 2.83. The molecule has 32 heavy (non-hydrogen) atoms. The molecule has 0 atom stereocenters. The SMILES string of the molecule is CN1CCN(c2ncc3nc(CCc4ccccc4)c(=O)n(Cc4cccs4)c3n2)CC1. The van der Waals surface area contributed by atoms with Crippen molar-refractivity contribution in [1.29, 1.82) is 0 Å². The number of thiophene rings is 1. The first-order chi connectivity index (χ1) is 15.7. The van der Waals surface area contributed by atoms with Gasteiger partial charge in [0.1, 0.15) is 11.2 Å². The van der Waals surface area contributed by atoms with Gasteiger partial charge >= 0.3 is 0 Å². The second-order valence-corrected chi connectivity index (χ2v) is 9.22. The molecule has 164 valence electrons. The minimum absolute atomic E-state index is 0.0649. The molecule has 7 nitrogen and oxygen atoms in total. The highest BCUT2D eigenvalue weighted by molar-refractivity contribution is 7.09. The number of aromatic nitrogens is 4. The van der Waals surface area contributed by atoms with Crippen LogP contribution in [0.15, 0.2) is 58.8 Å². The zero-order valence-electron chi connectivity index (χ0n) is 18.1. The molecule has 4 aromatic rings. The average Bonchev–Trinajstić information content (AvgIpc) is 3.34. The van der Waals surface area contributed by atoms with Crippen molar-refractivity contribution in [2.75, 3.05) is 38.1 Å². The molecule has 0 amide bonds. The van der Waals surface area contributed by atoms with Gasteiger partial charge in [0, 0.05) is 31.1 Å². The third kappa shape index (κ3) is 4.42. The van der Waals surface area contributed by atoms with Crippen LogP contribution in [0.25, 0.3) is 11.2 Å². The lowest BCUT2D eigenvalue weighted by atomic mass is 10.1. The van der Waals surface area contributed by atoms with E-state index in [0.29, 0.717) is 35.8 Å². The molecular weight excluding hydrogens is 420 g/mol. The zero-order valence-corrected chi connectivity index (χ0v) is 19.0. The van der Waals surface area contributed by atoms with E-state index in [1.165, 1.54) is 5.56 Å². The van der Waals surface area contributed by atoms with Gasteiger partial charge in [0.15, 0.2) is 5.65 Å². The lowest BCUT2D eigenvalue weighted by Gasteiger charge is -2.32. The monoisotopic (exact) mass is 446 g/mol. The highest BCUT2D eigenvalue weighted by Crippen LogP contribution is 2.18. The second-order valence-electron chi connectivity index (χ2n) is 8.18. The van der Waals surface area contributed by atoms with Crippen molar-refractivity contribution in [3.05, 3.63) is 80.5 Å². The first kappa shape index (κ1) is 20.8. The van der Waals surface area contributed by atoms with Crippen LogP contribution < -0.4 is 10.5 Å². The van der Waals surface area contributed by atoms with Gasteiger partial charge in [-0.3, -0.25) is 9.36 Å². The molecule has 1 aromatic carbocycles. The molecule has 4 heterocycles. The Balaban J connectivity index is 1.53. The molecule has 0 aliphatic carbocycles. The van der Waals surface area contributed by atoms with E-state index >= 15 is 0 Å². The Bertz CT molecular complexity index is 1250. The topological polar surface area (TPSA) is 67.2 Å². The van der Waals surface area contributed by atoms with E-state index in [9.17, 15) is 4.79 Å². The maximum Gasteiger partial charge on any atom is 0.274 e. The average molecular weight is 447 g/mol. The van der Waals surface area contributed by atoms with Gasteiger partial charge < -0.3 is 9.80 Å². The summed E-state index contributed by atoms with van der Waals surface area (Å²) in [5, 5.41) is 2.03. The molecule has 3 aromatic heterocycles. The smallest absolute Gasteiger partial charge is 0.274 e. The molecule has 0 bridgehead atoms. The molecule has 5 rings (SSSR count). The van der Waals surface area contributed by atoms with Gasteiger partial charge in [-0.2, -0.15) is 4.98 Å². The first-order valence-corrected chi connectivity index (χ1v) is 11.8. The summed E-state index contributed by atoms with van der Waals surface area (Å²) in [6.45, 7) is 4.19. The van der Waals surface area contributed by atoms with Gasteiger partial charge in [0.2, 0.25) is 5.95 Å². The van der Waals surface area contributed by atoms with Crippen LogP contribution in [0, 0.1) is 0 Å². The number of hydrogen-bond acceptors (Lipinski definition) is 7. The van der Waals surface area contributed by atoms with Crippen molar-refractivity contribution < 1.29 is 0 Å². The van der Waals surface area contributed by atoms with Crippen LogP contribution in [0.3, 0.4) is 0 Å². The molecule has 1 saturated heterocycles. The lowest BCUT2D eigenvalue weighted by molar-refractivity contribution is 0.311. The van der Waals surface area contributed by atoms with Crippen LogP contribution in [0.2, 0.25) is 0 Å². The third-order valence-electron chi connectivity index (χ3n) is 5.91. The van der Waals surface area contributed by atoms with E-state index in [-0.39, 0.29) is 5.56 Å². The van der Waals surface area contributed by atoms with Crippen LogP contribution >= 0.6 is 11.3 Å². The molecule has 0 saturated carbocycles. The van der Waals surface area contributed by atoms with Crippen molar-refractivity contribution in [3.63, 3.8) is 0 Å². The Morgan fingerprint density at radius 3 is 2.53 bits per heavy atom. The fourth-order valence-corrected chi connectivity index (χ4v) is 4.71. The Kier molecular flexibility index (Phi) is 5.96. The number of nitrogens with zero attached hydrogens (tertiary/aromatic N) is 6. The summed E-state index contributed by atoms with van der Waals surface area (Å²) in [4.78, 5) is 33.2. The maximum absolute atomic E-state index is 13.5. The number of hydrogen-bond donors (Lipinski definition) is 0. The molecule has 0 N–H and O–H groups in total. The Hall–Kier alpha value is -3.10. The van der Waals surface area contributed by atoms with Gasteiger partial charge in [-0.05, 0) is 36.9 Å². The number of benzene rings is 1. The summed E-state index contributed by atoms with van der Waals surface area (Å²) >= 11 is 1.64. The van der Waals surface area contributed by atoms with Crippen LogP contribution in [0.4, 0.5) is 5.95 Å². The fraction of sp³-hybridized carbons (Fsp3) is 0.333. The highest BCUT2D eigenvalue weighted by atomic mass is 32.1. The Morgan fingerprint density at radius 1 is 0.969 bits per heavy atom. The van der Waals surface area contributed by atoms with Crippen molar-refractivity contribution in [3.8, 4) is 0 Å². The number of aryl methyl sites for hydroxylation is 2. The van der Waals surface area contributed by atoms with Crippen LogP contribution in [0.1, 0.15) is 16.1 Å². The van der Waals surface area contributed by atoms with Gasteiger partial charge in [0.05, 0.1) is 12.7 Å². The number of fused-ring (bicyclic) bond motifs is 1. The second kappa shape index (κ2) is 9.18. The maximum atomic E-state index is 13.5. The largest absolute Gasteiger partial charge is 0.338 e. The lowest BCUT2D eigenvalue weighted by Crippen LogP contribution is -2.45. The predicted molar refractivity (Wildman–Crippen MR) is 129 cm³/mol. The fourth-order valence-electron chi connectivity index (χ4n) is 4.01. The van der Waals surface area contributed by atoms with Gasteiger partial charge in [-0.25, -0.2) is 9.97 Å². The molecule has 8 heteroatoms. The van der Waals surface area contributed by atoms with Gasteiger partial charge in [-0.15, -0.1) is 11.3 Å². The number of rotatable bonds is 6. The number of likely N-dealkylation sites (N-methyl/N-ethyl adjacent to an activating group) is 1. The van der Waals surface area contributed by atoms with E-state index in [0.717, 1.165) is 37.5 Å². The van der Waals surface area contributed by atoms with E-state index in [4.69, 9.17) is 9.97 Å². The summed E-state index contributed by atoms with van der Waals surface area (Å²) in [7, 11) is 2.12. The van der Waals surface area contributed by atoms with E-state index in [1.54, 1.807) is 22.1 Å². The third-order valence-corrected chi connectivity index (χ3v) is 6.78. The summed E-state index contributed by atoms with van der Waals surface area (Å²) in [5.74, 6) is 0.670. The molecule has 1 aliphatic heterocycles. The quantitative estimate of drug-likeness (QED) is 0.454. The first-order valence-electron chi connectivity index (χ1n) is 10.9. The summed E-state index contributed by atoms with van der Waals surface area (Å²) in [5.41, 5.74) is 2.97. The highest BCUT2D eigenvalue weighted by Gasteiger charge is 2.19. The Labute approximate surface area is 191 Å². The van der Waals surface area contributed by atoms with Crippen molar-refractivity contribution >= 4 is 28.4 Å². The molecule has 0 unspecified atom stereocenters. The van der Waals surface area contributed by atoms with E-state index in [2.05, 4.69) is 40.0 Å². The minimum Gasteiger partial charge on any atom is -0.338 e. The normalized spacial score (nSPS) is 14.8. The zero-order chi connectivity index (χ0) is 21.9. The number of anilines is 1. The van der Waals surface area contributed by atoms with Crippen LogP contribution in [-0.2, 0) is 19.4 Å². The molecule has 0 spiro atoms. The van der Waals surface area contributed by atoms with Crippen molar-refractivity contribution in [1.82, 2.24) is 24.4 Å². The van der Waals surface area contributed by atoms with Gasteiger partial charge in [-0.1, -0.05) is 36.4 Å². The molecule has 0 radical (unpaired) electrons. The molecule has 1 fully saturated rings. The standard InChI is InChI=1S/C24H26N6OS/c1-28-11-13-29(14-12-28)24-25-16-21-22(27-24)30(17-19-8-5-15-32-19)23(31)20(26-21)10-9-18-6-3-2-4-7-18/h2-8,15-16H,9-14,17H2,1H3. The molecule has 1 aliphatic rings. The van der Waals surface area contributed by atoms with Crippen molar-refractivity contribution in [2.24, 2.45) is 0 Å².